The van der Waals surface area contributed by atoms with Gasteiger partial charge in [0.1, 0.15) is 23.1 Å². The van der Waals surface area contributed by atoms with Crippen molar-refractivity contribution in [3.63, 3.8) is 0 Å². The van der Waals surface area contributed by atoms with Gasteiger partial charge in [-0.25, -0.2) is 4.68 Å². The van der Waals surface area contributed by atoms with Gasteiger partial charge >= 0.3 is 0 Å². The minimum Gasteiger partial charge on any atom is -0.494 e. The quantitative estimate of drug-likeness (QED) is 0.160. The first kappa shape index (κ1) is 30.8. The van der Waals surface area contributed by atoms with Gasteiger partial charge in [-0.05, 0) is 92.4 Å². The molecule has 45 heavy (non-hydrogen) atoms. The van der Waals surface area contributed by atoms with Crippen LogP contribution in [0.15, 0.2) is 89.6 Å². The molecule has 1 aromatic heterocycles. The van der Waals surface area contributed by atoms with Gasteiger partial charge in [-0.3, -0.25) is 14.5 Å². The number of aromatic nitrogens is 2. The van der Waals surface area contributed by atoms with Gasteiger partial charge in [0.25, 0.3) is 11.8 Å². The zero-order chi connectivity index (χ0) is 32.1. The van der Waals surface area contributed by atoms with Gasteiger partial charge in [0.15, 0.2) is 11.5 Å². The van der Waals surface area contributed by atoms with E-state index in [9.17, 15) is 14.9 Å². The highest BCUT2D eigenvalue weighted by Gasteiger charge is 2.35. The van der Waals surface area contributed by atoms with Crippen molar-refractivity contribution in [3.05, 3.63) is 106 Å². The minimum absolute atomic E-state index is 0.0672. The number of nitrogens with zero attached hydrogens (tertiary/aromatic N) is 4. The molecular formula is C36H34N4O5. The first-order chi connectivity index (χ1) is 21.8. The summed E-state index contributed by atoms with van der Waals surface area (Å²) in [4.78, 5) is 28.5. The molecule has 0 saturated carbocycles. The molecule has 228 valence electrons. The highest BCUT2D eigenvalue weighted by atomic mass is 16.5. The molecule has 0 bridgehead atoms. The number of methoxy groups -OCH3 is 2. The van der Waals surface area contributed by atoms with E-state index in [1.807, 2.05) is 86.8 Å². The molecule has 1 aliphatic rings. The van der Waals surface area contributed by atoms with Crippen LogP contribution in [0.4, 0.5) is 0 Å². The van der Waals surface area contributed by atoms with E-state index in [0.29, 0.717) is 41.4 Å². The molecule has 9 nitrogen and oxygen atoms in total. The van der Waals surface area contributed by atoms with E-state index in [4.69, 9.17) is 19.3 Å². The lowest BCUT2D eigenvalue weighted by atomic mass is 9.92. The van der Waals surface area contributed by atoms with Gasteiger partial charge in [-0.1, -0.05) is 24.3 Å². The second-order valence-electron chi connectivity index (χ2n) is 10.5. The summed E-state index contributed by atoms with van der Waals surface area (Å²) in [5.74, 6) is 0.799. The molecule has 0 atom stereocenters. The molecule has 0 aliphatic carbocycles. The van der Waals surface area contributed by atoms with E-state index in [1.54, 1.807) is 38.0 Å². The first-order valence-electron chi connectivity index (χ1n) is 14.6. The molecule has 0 fully saturated rings. The monoisotopic (exact) mass is 602 g/mol. The van der Waals surface area contributed by atoms with E-state index in [1.165, 1.54) is 0 Å². The Morgan fingerprint density at radius 1 is 0.933 bits per heavy atom. The normalized spacial score (nSPS) is 14.1. The number of rotatable bonds is 10. The fourth-order valence-electron chi connectivity index (χ4n) is 5.34. The predicted octanol–water partition coefficient (Wildman–Crippen LogP) is 6.10. The Hall–Kier alpha value is -5.62. The lowest BCUT2D eigenvalue weighted by molar-refractivity contribution is -0.140. The Balaban J connectivity index is 1.57. The summed E-state index contributed by atoms with van der Waals surface area (Å²) in [6, 6.07) is 22.9. The summed E-state index contributed by atoms with van der Waals surface area (Å²) in [5.41, 5.74) is 5.35. The van der Waals surface area contributed by atoms with Crippen LogP contribution >= 0.6 is 0 Å². The molecule has 0 N–H and O–H groups in total. The van der Waals surface area contributed by atoms with Crippen molar-refractivity contribution in [1.82, 2.24) is 14.7 Å². The molecule has 0 saturated heterocycles. The third-order valence-corrected chi connectivity index (χ3v) is 7.72. The van der Waals surface area contributed by atoms with Gasteiger partial charge in [0, 0.05) is 29.4 Å². The zero-order valence-corrected chi connectivity index (χ0v) is 26.0. The number of aryl methyl sites for hydroxylation is 1. The molecule has 3 aromatic carbocycles. The van der Waals surface area contributed by atoms with Crippen LogP contribution in [-0.4, -0.2) is 53.9 Å². The fraction of sp³-hybridized carbons (Fsp3) is 0.222. The topological polar surface area (TPSA) is 107 Å². The number of carbonyl (C=O) groups excluding carboxylic acids is 2. The molecule has 2 amide bonds. The van der Waals surface area contributed by atoms with E-state index in [2.05, 4.69) is 0 Å². The Morgan fingerprint density at radius 2 is 1.69 bits per heavy atom. The molecule has 2 heterocycles. The number of para-hydroxylation sites is 1. The summed E-state index contributed by atoms with van der Waals surface area (Å²) in [5, 5.41) is 14.9. The summed E-state index contributed by atoms with van der Waals surface area (Å²) < 4.78 is 18.2. The summed E-state index contributed by atoms with van der Waals surface area (Å²) in [6.45, 7) is 6.18. The molecule has 0 spiro atoms. The van der Waals surface area contributed by atoms with Crippen LogP contribution in [0.3, 0.4) is 0 Å². The average molecular weight is 603 g/mol. The van der Waals surface area contributed by atoms with E-state index in [-0.39, 0.29) is 17.7 Å². The SMILES string of the molecule is CCOc1ccc(-c2nn(-c3ccccc3)cc2/C=C2/C(=O)N(CCc3ccc(OC)c(OC)c3)C(=O)C(C#N)=C2C)c(C)c1. The average Bonchev–Trinajstić information content (AvgIpc) is 3.47. The van der Waals surface area contributed by atoms with Crippen molar-refractivity contribution in [2.75, 3.05) is 27.4 Å². The molecule has 1 aliphatic heterocycles. The van der Waals surface area contributed by atoms with Gasteiger partial charge in [0.2, 0.25) is 0 Å². The Morgan fingerprint density at radius 3 is 2.36 bits per heavy atom. The summed E-state index contributed by atoms with van der Waals surface area (Å²) >= 11 is 0. The predicted molar refractivity (Wildman–Crippen MR) is 171 cm³/mol. The van der Waals surface area contributed by atoms with Crippen LogP contribution in [0, 0.1) is 18.3 Å². The lowest BCUT2D eigenvalue weighted by Gasteiger charge is -2.27. The highest BCUT2D eigenvalue weighted by Crippen LogP contribution is 2.34. The maximum absolute atomic E-state index is 14.0. The standard InChI is InChI=1S/C36H34N4O5/c1-6-45-28-13-14-29(23(2)18-28)34-26(22-40(38-34)27-10-8-7-9-11-27)20-30-24(3)31(21-37)36(42)39(35(30)41)17-16-25-12-15-32(43-4)33(19-25)44-5/h7-15,18-20,22H,6,16-17H2,1-5H3/b30-20+. The van der Waals surface area contributed by atoms with Crippen LogP contribution in [0.25, 0.3) is 23.0 Å². The number of ether oxygens (including phenoxy) is 3. The highest BCUT2D eigenvalue weighted by molar-refractivity contribution is 6.19. The molecule has 0 unspecified atom stereocenters. The number of benzene rings is 3. The van der Waals surface area contributed by atoms with Gasteiger partial charge < -0.3 is 14.2 Å². The van der Waals surface area contributed by atoms with Crippen molar-refractivity contribution < 1.29 is 23.8 Å². The van der Waals surface area contributed by atoms with Gasteiger partial charge in [0.05, 0.1) is 26.5 Å². The number of hydrogen-bond donors (Lipinski definition) is 0. The van der Waals surface area contributed by atoms with Crippen molar-refractivity contribution in [2.45, 2.75) is 27.2 Å². The van der Waals surface area contributed by atoms with Crippen LogP contribution in [0.1, 0.15) is 30.5 Å². The van der Waals surface area contributed by atoms with Crippen LogP contribution < -0.4 is 14.2 Å². The largest absolute Gasteiger partial charge is 0.494 e. The van der Waals surface area contributed by atoms with Crippen LogP contribution in [-0.2, 0) is 16.0 Å². The number of amides is 2. The van der Waals surface area contributed by atoms with E-state index >= 15 is 0 Å². The van der Waals surface area contributed by atoms with Crippen molar-refractivity contribution >= 4 is 17.9 Å². The van der Waals surface area contributed by atoms with Crippen molar-refractivity contribution in [2.24, 2.45) is 0 Å². The van der Waals surface area contributed by atoms with Crippen LogP contribution in [0.2, 0.25) is 0 Å². The Kier molecular flexibility index (Phi) is 9.14. The molecule has 5 rings (SSSR count). The van der Waals surface area contributed by atoms with Gasteiger partial charge in [-0.15, -0.1) is 0 Å². The second kappa shape index (κ2) is 13.3. The van der Waals surface area contributed by atoms with Crippen molar-refractivity contribution in [3.8, 4) is 40.3 Å². The minimum atomic E-state index is -0.611. The maximum atomic E-state index is 14.0. The smallest absolute Gasteiger partial charge is 0.271 e. The zero-order valence-electron chi connectivity index (χ0n) is 26.0. The van der Waals surface area contributed by atoms with E-state index < -0.39 is 11.8 Å². The number of nitriles is 1. The number of imide groups is 1. The van der Waals surface area contributed by atoms with Gasteiger partial charge in [-0.2, -0.15) is 10.4 Å². The van der Waals surface area contributed by atoms with Crippen molar-refractivity contribution in [1.29, 1.82) is 5.26 Å². The summed E-state index contributed by atoms with van der Waals surface area (Å²) in [7, 11) is 3.10. The summed E-state index contributed by atoms with van der Waals surface area (Å²) in [6.07, 6.45) is 3.94. The maximum Gasteiger partial charge on any atom is 0.271 e. The van der Waals surface area contributed by atoms with Crippen LogP contribution in [0.5, 0.6) is 17.2 Å². The number of carbonyl (C=O) groups is 2. The van der Waals surface area contributed by atoms with E-state index in [0.717, 1.165) is 33.0 Å². The Labute approximate surface area is 262 Å². The Bertz CT molecular complexity index is 1860. The molecule has 4 aromatic rings. The fourth-order valence-corrected chi connectivity index (χ4v) is 5.34. The molecule has 9 heteroatoms. The first-order valence-corrected chi connectivity index (χ1v) is 14.6. The lowest BCUT2D eigenvalue weighted by Crippen LogP contribution is -2.43. The molecular weight excluding hydrogens is 568 g/mol. The number of hydrogen-bond acceptors (Lipinski definition) is 7. The third kappa shape index (κ3) is 6.22. The third-order valence-electron chi connectivity index (χ3n) is 7.72. The second-order valence-corrected chi connectivity index (χ2v) is 10.5. The molecule has 0 radical (unpaired) electrons.